The van der Waals surface area contributed by atoms with Crippen LogP contribution in [0.25, 0.3) is 5.76 Å². The average molecular weight is 441 g/mol. The predicted octanol–water partition coefficient (Wildman–Crippen LogP) is 4.72. The average Bonchev–Trinajstić information content (AvgIpc) is 3.01. The number of benzene rings is 2. The molecule has 8 heteroatoms. The van der Waals surface area contributed by atoms with Crippen molar-refractivity contribution in [3.63, 3.8) is 0 Å². The van der Waals surface area contributed by atoms with Gasteiger partial charge >= 0.3 is 0 Å². The maximum absolute atomic E-state index is 13.0. The first-order valence-electron chi connectivity index (χ1n) is 8.84. The number of rotatable bonds is 3. The van der Waals surface area contributed by atoms with Gasteiger partial charge in [-0.3, -0.25) is 19.5 Å². The summed E-state index contributed by atoms with van der Waals surface area (Å²) < 4.78 is 0. The van der Waals surface area contributed by atoms with Gasteiger partial charge in [-0.05, 0) is 42.0 Å². The van der Waals surface area contributed by atoms with Gasteiger partial charge in [0.1, 0.15) is 11.5 Å². The van der Waals surface area contributed by atoms with Crippen LogP contribution in [-0.2, 0) is 9.59 Å². The largest absolute Gasteiger partial charge is 0.507 e. The quantitative estimate of drug-likeness (QED) is 0.349. The van der Waals surface area contributed by atoms with E-state index < -0.39 is 23.5 Å². The van der Waals surface area contributed by atoms with Gasteiger partial charge in [0.2, 0.25) is 0 Å². The number of ketones is 1. The van der Waals surface area contributed by atoms with Crippen LogP contribution in [0.15, 0.2) is 72.6 Å². The number of Topliss-reactive ketones (excluding diaryl/α,β-unsaturated/α-hetero) is 1. The molecule has 0 bridgehead atoms. The number of nitrogens with zero attached hydrogens (tertiary/aromatic N) is 2. The molecule has 3 aromatic rings. The minimum atomic E-state index is -0.999. The molecule has 1 aromatic heterocycles. The molecule has 1 saturated heterocycles. The van der Waals surface area contributed by atoms with Crippen LogP contribution < -0.4 is 4.90 Å². The number of carbonyl (C=O) groups excluding carboxylic acids is 2. The van der Waals surface area contributed by atoms with Gasteiger partial charge < -0.3 is 10.2 Å². The van der Waals surface area contributed by atoms with Crippen LogP contribution in [0.5, 0.6) is 5.75 Å². The van der Waals surface area contributed by atoms with E-state index in [-0.39, 0.29) is 32.6 Å². The van der Waals surface area contributed by atoms with Gasteiger partial charge in [0.25, 0.3) is 11.7 Å². The van der Waals surface area contributed by atoms with Crippen LogP contribution in [0, 0.1) is 0 Å². The zero-order chi connectivity index (χ0) is 21.4. The van der Waals surface area contributed by atoms with Crippen LogP contribution in [0.2, 0.25) is 10.0 Å². The monoisotopic (exact) mass is 440 g/mol. The van der Waals surface area contributed by atoms with Gasteiger partial charge in [0, 0.05) is 18.0 Å². The Morgan fingerprint density at radius 2 is 1.77 bits per heavy atom. The Morgan fingerprint density at radius 1 is 1.00 bits per heavy atom. The van der Waals surface area contributed by atoms with Gasteiger partial charge in [0.05, 0.1) is 27.3 Å². The number of halogens is 2. The van der Waals surface area contributed by atoms with Gasteiger partial charge in [-0.15, -0.1) is 0 Å². The van der Waals surface area contributed by atoms with E-state index in [1.807, 2.05) is 0 Å². The molecule has 2 aromatic carbocycles. The van der Waals surface area contributed by atoms with E-state index in [0.717, 1.165) is 4.90 Å². The molecule has 0 radical (unpaired) electrons. The zero-order valence-electron chi connectivity index (χ0n) is 15.3. The Morgan fingerprint density at radius 3 is 2.43 bits per heavy atom. The third kappa shape index (κ3) is 3.30. The zero-order valence-corrected chi connectivity index (χ0v) is 16.8. The van der Waals surface area contributed by atoms with Crippen molar-refractivity contribution in [3.8, 4) is 5.75 Å². The van der Waals surface area contributed by atoms with E-state index in [4.69, 9.17) is 23.2 Å². The summed E-state index contributed by atoms with van der Waals surface area (Å²) in [6, 6.07) is 12.9. The summed E-state index contributed by atoms with van der Waals surface area (Å²) in [6.07, 6.45) is 3.04. The van der Waals surface area contributed by atoms with Crippen molar-refractivity contribution < 1.29 is 19.8 Å². The summed E-state index contributed by atoms with van der Waals surface area (Å²) in [5.74, 6) is -2.36. The highest BCUT2D eigenvalue weighted by Crippen LogP contribution is 2.44. The second-order valence-electron chi connectivity index (χ2n) is 6.57. The van der Waals surface area contributed by atoms with Crippen molar-refractivity contribution >= 4 is 46.3 Å². The van der Waals surface area contributed by atoms with Crippen molar-refractivity contribution in [1.82, 2.24) is 4.98 Å². The molecule has 1 atom stereocenters. The minimum absolute atomic E-state index is 0.140. The molecule has 2 heterocycles. The number of aromatic nitrogens is 1. The first kappa shape index (κ1) is 19.9. The number of hydrogen-bond donors (Lipinski definition) is 2. The molecule has 1 unspecified atom stereocenters. The molecule has 0 spiro atoms. The molecule has 1 amide bonds. The summed E-state index contributed by atoms with van der Waals surface area (Å²) in [6.45, 7) is 0. The maximum atomic E-state index is 13.0. The molecule has 4 rings (SSSR count). The number of hydrogen-bond acceptors (Lipinski definition) is 5. The Hall–Kier alpha value is -3.35. The SMILES string of the molecule is O=C1C(=O)N(c2ccccc2O)C(c2cccnc2)/C1=C(/O)c1ccc(Cl)c(Cl)c1. The molecular weight excluding hydrogens is 427 g/mol. The first-order valence-corrected chi connectivity index (χ1v) is 9.60. The molecule has 1 aliphatic heterocycles. The van der Waals surface area contributed by atoms with Crippen LogP contribution in [0.1, 0.15) is 17.2 Å². The van der Waals surface area contributed by atoms with Gasteiger partial charge in [0.15, 0.2) is 0 Å². The third-order valence-electron chi connectivity index (χ3n) is 4.78. The third-order valence-corrected chi connectivity index (χ3v) is 5.52. The number of aliphatic hydroxyl groups excluding tert-OH is 1. The van der Waals surface area contributed by atoms with Crippen molar-refractivity contribution in [2.45, 2.75) is 6.04 Å². The number of anilines is 1. The molecule has 6 nitrogen and oxygen atoms in total. The molecule has 30 heavy (non-hydrogen) atoms. The van der Waals surface area contributed by atoms with Crippen molar-refractivity contribution in [1.29, 1.82) is 0 Å². The Labute approximate surface area is 181 Å². The molecule has 150 valence electrons. The summed E-state index contributed by atoms with van der Waals surface area (Å²) >= 11 is 12.0. The summed E-state index contributed by atoms with van der Waals surface area (Å²) in [4.78, 5) is 31.2. The lowest BCUT2D eigenvalue weighted by Gasteiger charge is -2.25. The van der Waals surface area contributed by atoms with E-state index >= 15 is 0 Å². The number of phenols is 1. The second-order valence-corrected chi connectivity index (χ2v) is 7.39. The Kier molecular flexibility index (Phi) is 5.20. The normalized spacial score (nSPS) is 18.1. The van der Waals surface area contributed by atoms with Crippen LogP contribution >= 0.6 is 23.2 Å². The smallest absolute Gasteiger partial charge is 0.300 e. The Balaban J connectivity index is 1.97. The van der Waals surface area contributed by atoms with Crippen molar-refractivity contribution in [3.05, 3.63) is 93.7 Å². The fraction of sp³-hybridized carbons (Fsp3) is 0.0455. The fourth-order valence-corrected chi connectivity index (χ4v) is 3.70. The number of pyridine rings is 1. The van der Waals surface area contributed by atoms with E-state index in [2.05, 4.69) is 4.98 Å². The highest BCUT2D eigenvalue weighted by atomic mass is 35.5. The molecule has 0 aliphatic carbocycles. The lowest BCUT2D eigenvalue weighted by atomic mass is 9.96. The van der Waals surface area contributed by atoms with Gasteiger partial charge in [-0.1, -0.05) is 41.4 Å². The number of carbonyl (C=O) groups is 2. The molecule has 1 fully saturated rings. The maximum Gasteiger partial charge on any atom is 0.300 e. The predicted molar refractivity (Wildman–Crippen MR) is 114 cm³/mol. The molecule has 2 N–H and O–H groups in total. The van der Waals surface area contributed by atoms with E-state index in [9.17, 15) is 19.8 Å². The number of aromatic hydroxyl groups is 1. The topological polar surface area (TPSA) is 90.7 Å². The summed E-state index contributed by atoms with van der Waals surface area (Å²) in [5, 5.41) is 21.8. The van der Waals surface area contributed by atoms with E-state index in [1.165, 1.54) is 36.5 Å². The number of aliphatic hydroxyl groups is 1. The van der Waals surface area contributed by atoms with Crippen molar-refractivity contribution in [2.24, 2.45) is 0 Å². The van der Waals surface area contributed by atoms with Crippen molar-refractivity contribution in [2.75, 3.05) is 4.90 Å². The van der Waals surface area contributed by atoms with E-state index in [0.29, 0.717) is 5.56 Å². The number of phenolic OH excluding ortho intramolecular Hbond substituents is 1. The van der Waals surface area contributed by atoms with Crippen LogP contribution in [-0.4, -0.2) is 26.9 Å². The van der Waals surface area contributed by atoms with Crippen LogP contribution in [0.3, 0.4) is 0 Å². The highest BCUT2D eigenvalue weighted by Gasteiger charge is 2.47. The molecule has 1 aliphatic rings. The van der Waals surface area contributed by atoms with Gasteiger partial charge in [-0.2, -0.15) is 0 Å². The van der Waals surface area contributed by atoms with Crippen LogP contribution in [0.4, 0.5) is 5.69 Å². The number of amides is 1. The first-order chi connectivity index (χ1) is 14.4. The lowest BCUT2D eigenvalue weighted by Crippen LogP contribution is -2.29. The van der Waals surface area contributed by atoms with E-state index in [1.54, 1.807) is 30.5 Å². The fourth-order valence-electron chi connectivity index (χ4n) is 3.40. The Bertz CT molecular complexity index is 1190. The highest BCUT2D eigenvalue weighted by molar-refractivity contribution is 6.52. The molecule has 0 saturated carbocycles. The summed E-state index contributed by atoms with van der Waals surface area (Å²) in [5.41, 5.74) is 0.714. The minimum Gasteiger partial charge on any atom is -0.507 e. The molecular formula is C22H14Cl2N2O4. The standard InChI is InChI=1S/C22H14Cl2N2O4/c23-14-8-7-12(10-15(14)24)20(28)18-19(13-4-3-9-25-11-13)26(22(30)21(18)29)16-5-1-2-6-17(16)27/h1-11,19,27-28H/b20-18-. The summed E-state index contributed by atoms with van der Waals surface area (Å²) in [7, 11) is 0. The van der Waals surface area contributed by atoms with Gasteiger partial charge in [-0.25, -0.2) is 0 Å². The number of para-hydroxylation sites is 2. The second kappa shape index (κ2) is 7.82. The lowest BCUT2D eigenvalue weighted by molar-refractivity contribution is -0.132.